The summed E-state index contributed by atoms with van der Waals surface area (Å²) in [6, 6.07) is 12.6. The van der Waals surface area contributed by atoms with E-state index in [-0.39, 0.29) is 0 Å². The Morgan fingerprint density at radius 3 is 2.43 bits per heavy atom. The van der Waals surface area contributed by atoms with Crippen LogP contribution in [0.3, 0.4) is 0 Å². The van der Waals surface area contributed by atoms with Crippen molar-refractivity contribution in [2.45, 2.75) is 6.10 Å². The second-order valence-electron chi connectivity index (χ2n) is 4.51. The molecule has 21 heavy (non-hydrogen) atoms. The lowest BCUT2D eigenvalue weighted by Gasteiger charge is -2.16. The van der Waals surface area contributed by atoms with Gasteiger partial charge in [-0.3, -0.25) is 0 Å². The lowest BCUT2D eigenvalue weighted by atomic mass is 10.1. The summed E-state index contributed by atoms with van der Waals surface area (Å²) in [5, 5.41) is 14.0. The predicted molar refractivity (Wildman–Crippen MR) is 84.4 cm³/mol. The lowest BCUT2D eigenvalue weighted by Crippen LogP contribution is -2.12. The fraction of sp³-hybridized carbons (Fsp3) is 0.250. The van der Waals surface area contributed by atoms with Gasteiger partial charge in [-0.25, -0.2) is 0 Å². The average Bonchev–Trinajstić information content (AvgIpc) is 2.52. The molecule has 1 atom stereocenters. The fourth-order valence-corrected chi connectivity index (χ4v) is 2.09. The summed E-state index contributed by atoms with van der Waals surface area (Å²) in [4.78, 5) is 0. The SMILES string of the molecule is COc1ccc(OC)c(NCC(O)c2ccc(Cl)cc2)c1. The molecule has 0 aromatic heterocycles. The number of rotatable bonds is 6. The minimum atomic E-state index is -0.641. The first-order chi connectivity index (χ1) is 10.1. The third-order valence-corrected chi connectivity index (χ3v) is 3.40. The topological polar surface area (TPSA) is 50.7 Å². The molecular weight excluding hydrogens is 290 g/mol. The van der Waals surface area contributed by atoms with Crippen molar-refractivity contribution in [1.82, 2.24) is 0 Å². The molecule has 0 aliphatic heterocycles. The van der Waals surface area contributed by atoms with Gasteiger partial charge in [-0.15, -0.1) is 0 Å². The maximum absolute atomic E-state index is 10.2. The second kappa shape index (κ2) is 7.20. The average molecular weight is 308 g/mol. The number of anilines is 1. The van der Waals surface area contributed by atoms with Crippen molar-refractivity contribution >= 4 is 17.3 Å². The molecule has 112 valence electrons. The van der Waals surface area contributed by atoms with Crippen molar-refractivity contribution in [2.24, 2.45) is 0 Å². The van der Waals surface area contributed by atoms with E-state index in [2.05, 4.69) is 5.32 Å². The molecule has 0 fully saturated rings. The van der Waals surface area contributed by atoms with Gasteiger partial charge in [0.2, 0.25) is 0 Å². The van der Waals surface area contributed by atoms with Crippen LogP contribution in [0.15, 0.2) is 42.5 Å². The lowest BCUT2D eigenvalue weighted by molar-refractivity contribution is 0.191. The van der Waals surface area contributed by atoms with Crippen LogP contribution in [0.5, 0.6) is 11.5 Å². The summed E-state index contributed by atoms with van der Waals surface area (Å²) < 4.78 is 10.5. The van der Waals surface area contributed by atoms with Crippen LogP contribution in [0.1, 0.15) is 11.7 Å². The highest BCUT2D eigenvalue weighted by atomic mass is 35.5. The van der Waals surface area contributed by atoms with Crippen molar-refractivity contribution in [3.63, 3.8) is 0 Å². The number of hydrogen-bond acceptors (Lipinski definition) is 4. The molecule has 2 aromatic rings. The highest BCUT2D eigenvalue weighted by Crippen LogP contribution is 2.29. The largest absolute Gasteiger partial charge is 0.497 e. The van der Waals surface area contributed by atoms with Crippen molar-refractivity contribution < 1.29 is 14.6 Å². The van der Waals surface area contributed by atoms with E-state index in [0.717, 1.165) is 17.0 Å². The van der Waals surface area contributed by atoms with E-state index in [9.17, 15) is 5.11 Å². The van der Waals surface area contributed by atoms with E-state index in [4.69, 9.17) is 21.1 Å². The van der Waals surface area contributed by atoms with E-state index < -0.39 is 6.10 Å². The summed E-state index contributed by atoms with van der Waals surface area (Å²) >= 11 is 5.83. The molecule has 0 aliphatic carbocycles. The Kier molecular flexibility index (Phi) is 5.31. The molecule has 0 radical (unpaired) electrons. The molecule has 0 saturated carbocycles. The Morgan fingerprint density at radius 2 is 1.81 bits per heavy atom. The Labute approximate surface area is 129 Å². The number of nitrogens with one attached hydrogen (secondary N) is 1. The van der Waals surface area contributed by atoms with Crippen molar-refractivity contribution in [1.29, 1.82) is 0 Å². The van der Waals surface area contributed by atoms with Gasteiger partial charge in [0.05, 0.1) is 26.0 Å². The van der Waals surface area contributed by atoms with E-state index in [1.54, 1.807) is 38.5 Å². The van der Waals surface area contributed by atoms with Crippen molar-refractivity contribution in [3.8, 4) is 11.5 Å². The van der Waals surface area contributed by atoms with Crippen molar-refractivity contribution in [3.05, 3.63) is 53.1 Å². The van der Waals surface area contributed by atoms with Crippen molar-refractivity contribution in [2.75, 3.05) is 26.1 Å². The van der Waals surface area contributed by atoms with E-state index in [0.29, 0.717) is 17.3 Å². The minimum Gasteiger partial charge on any atom is -0.497 e. The standard InChI is InChI=1S/C16H18ClNO3/c1-20-13-7-8-16(21-2)14(9-13)18-10-15(19)11-3-5-12(17)6-4-11/h3-9,15,18-19H,10H2,1-2H3. The Hall–Kier alpha value is -1.91. The Balaban J connectivity index is 2.06. The molecule has 5 heteroatoms. The van der Waals surface area contributed by atoms with Crippen LogP contribution in [0.2, 0.25) is 5.02 Å². The molecule has 2 rings (SSSR count). The van der Waals surface area contributed by atoms with Gasteiger partial charge in [0, 0.05) is 17.6 Å². The molecule has 2 aromatic carbocycles. The van der Waals surface area contributed by atoms with Crippen LogP contribution < -0.4 is 14.8 Å². The van der Waals surface area contributed by atoms with Crippen LogP contribution in [-0.4, -0.2) is 25.9 Å². The zero-order valence-electron chi connectivity index (χ0n) is 12.0. The zero-order chi connectivity index (χ0) is 15.2. The summed E-state index contributed by atoms with van der Waals surface area (Å²) in [7, 11) is 3.21. The van der Waals surface area contributed by atoms with Crippen LogP contribution in [0, 0.1) is 0 Å². The monoisotopic (exact) mass is 307 g/mol. The number of methoxy groups -OCH3 is 2. The van der Waals surface area contributed by atoms with Gasteiger partial charge in [0.1, 0.15) is 11.5 Å². The fourth-order valence-electron chi connectivity index (χ4n) is 1.96. The number of aliphatic hydroxyl groups excluding tert-OH is 1. The van der Waals surface area contributed by atoms with Gasteiger partial charge >= 0.3 is 0 Å². The molecule has 0 bridgehead atoms. The smallest absolute Gasteiger partial charge is 0.142 e. The van der Waals surface area contributed by atoms with Crippen LogP contribution in [0.4, 0.5) is 5.69 Å². The van der Waals surface area contributed by atoms with E-state index >= 15 is 0 Å². The first kappa shape index (κ1) is 15.5. The Morgan fingerprint density at radius 1 is 1.10 bits per heavy atom. The molecular formula is C16H18ClNO3. The molecule has 4 nitrogen and oxygen atoms in total. The highest BCUT2D eigenvalue weighted by molar-refractivity contribution is 6.30. The van der Waals surface area contributed by atoms with Gasteiger partial charge in [0.15, 0.2) is 0 Å². The zero-order valence-corrected chi connectivity index (χ0v) is 12.7. The first-order valence-corrected chi connectivity index (χ1v) is 6.91. The molecule has 0 saturated heterocycles. The summed E-state index contributed by atoms with van der Waals surface area (Å²) in [6.45, 7) is 0.352. The second-order valence-corrected chi connectivity index (χ2v) is 4.95. The maximum atomic E-state index is 10.2. The van der Waals surface area contributed by atoms with Gasteiger partial charge in [-0.2, -0.15) is 0 Å². The number of benzene rings is 2. The Bertz CT molecular complexity index is 587. The van der Waals surface area contributed by atoms with Gasteiger partial charge in [-0.1, -0.05) is 23.7 Å². The molecule has 0 aliphatic rings. The quantitative estimate of drug-likeness (QED) is 0.857. The third kappa shape index (κ3) is 4.03. The van der Waals surface area contributed by atoms with Crippen LogP contribution in [-0.2, 0) is 0 Å². The molecule has 0 amide bonds. The van der Waals surface area contributed by atoms with E-state index in [1.807, 2.05) is 18.2 Å². The number of hydrogen-bond donors (Lipinski definition) is 2. The summed E-state index contributed by atoms with van der Waals surface area (Å²) in [5.41, 5.74) is 1.57. The third-order valence-electron chi connectivity index (χ3n) is 3.15. The van der Waals surface area contributed by atoms with Gasteiger partial charge < -0.3 is 19.9 Å². The maximum Gasteiger partial charge on any atom is 0.142 e. The summed E-state index contributed by atoms with van der Waals surface area (Å²) in [6.07, 6.45) is -0.641. The normalized spacial score (nSPS) is 11.8. The highest BCUT2D eigenvalue weighted by Gasteiger charge is 2.10. The number of aliphatic hydroxyl groups is 1. The first-order valence-electron chi connectivity index (χ1n) is 6.53. The molecule has 0 heterocycles. The van der Waals surface area contributed by atoms with Gasteiger partial charge in [-0.05, 0) is 29.8 Å². The summed E-state index contributed by atoms with van der Waals surface area (Å²) in [5.74, 6) is 1.42. The number of ether oxygens (including phenoxy) is 2. The predicted octanol–water partition coefficient (Wildman–Crippen LogP) is 3.50. The molecule has 0 spiro atoms. The van der Waals surface area contributed by atoms with Gasteiger partial charge in [0.25, 0.3) is 0 Å². The van der Waals surface area contributed by atoms with E-state index in [1.165, 1.54) is 0 Å². The molecule has 1 unspecified atom stereocenters. The minimum absolute atomic E-state index is 0.352. The molecule has 2 N–H and O–H groups in total. The van der Waals surface area contributed by atoms with Crippen LogP contribution in [0.25, 0.3) is 0 Å². The van der Waals surface area contributed by atoms with Crippen LogP contribution >= 0.6 is 11.6 Å². The number of halogens is 1.